The summed E-state index contributed by atoms with van der Waals surface area (Å²) in [6.45, 7) is 7.70. The van der Waals surface area contributed by atoms with Gasteiger partial charge in [0.15, 0.2) is 5.17 Å². The van der Waals surface area contributed by atoms with E-state index >= 15 is 0 Å². The van der Waals surface area contributed by atoms with Crippen molar-refractivity contribution in [2.45, 2.75) is 32.4 Å². The first kappa shape index (κ1) is 21.7. The Morgan fingerprint density at radius 3 is 2.45 bits per heavy atom. The van der Waals surface area contributed by atoms with Gasteiger partial charge in [0.1, 0.15) is 11.5 Å². The highest BCUT2D eigenvalue weighted by Gasteiger charge is 2.37. The Labute approximate surface area is 184 Å². The predicted molar refractivity (Wildman–Crippen MR) is 122 cm³/mol. The van der Waals surface area contributed by atoms with E-state index < -0.39 is 0 Å². The van der Waals surface area contributed by atoms with Gasteiger partial charge in [-0.15, -0.1) is 0 Å². The van der Waals surface area contributed by atoms with Gasteiger partial charge in [-0.1, -0.05) is 27.7 Å². The van der Waals surface area contributed by atoms with Crippen LogP contribution in [0.15, 0.2) is 51.9 Å². The van der Waals surface area contributed by atoms with E-state index in [0.717, 1.165) is 32.4 Å². The normalized spacial score (nSPS) is 17.8. The van der Waals surface area contributed by atoms with Crippen LogP contribution in [0.25, 0.3) is 0 Å². The van der Waals surface area contributed by atoms with Gasteiger partial charge < -0.3 is 9.47 Å². The maximum Gasteiger partial charge on any atom is 0.242 e. The Bertz CT molecular complexity index is 886. The van der Waals surface area contributed by atoms with Crippen LogP contribution >= 0.6 is 27.7 Å². The largest absolute Gasteiger partial charge is 0.494 e. The fourth-order valence-electron chi connectivity index (χ4n) is 3.11. The third-order valence-electron chi connectivity index (χ3n) is 4.44. The van der Waals surface area contributed by atoms with Gasteiger partial charge in [-0.3, -0.25) is 9.69 Å². The molecule has 154 valence electrons. The third-order valence-corrected chi connectivity index (χ3v) is 6.10. The number of ether oxygens (including phenoxy) is 2. The van der Waals surface area contributed by atoms with Crippen LogP contribution in [0.4, 0.5) is 5.69 Å². The molecule has 0 saturated carbocycles. The monoisotopic (exact) mass is 476 g/mol. The van der Waals surface area contributed by atoms with Gasteiger partial charge in [0.2, 0.25) is 5.91 Å². The molecule has 1 aliphatic rings. The van der Waals surface area contributed by atoms with Crippen LogP contribution in [0, 0.1) is 0 Å². The molecule has 1 amide bonds. The smallest absolute Gasteiger partial charge is 0.242 e. The van der Waals surface area contributed by atoms with E-state index in [4.69, 9.17) is 14.5 Å². The number of thioether (sulfide) groups is 1. The molecule has 0 aliphatic carbocycles. The van der Waals surface area contributed by atoms with Crippen LogP contribution in [0.5, 0.6) is 11.5 Å². The van der Waals surface area contributed by atoms with Crippen LogP contribution in [-0.4, -0.2) is 41.0 Å². The molecule has 2 aromatic carbocycles. The molecule has 1 heterocycles. The number of amidine groups is 1. The molecule has 0 spiro atoms. The molecule has 1 fully saturated rings. The number of carbonyl (C=O) groups excluding carboxylic acids is 1. The highest BCUT2D eigenvalue weighted by Crippen LogP contribution is 2.34. The van der Waals surface area contributed by atoms with E-state index in [1.807, 2.05) is 63.2 Å². The molecule has 3 rings (SSSR count). The van der Waals surface area contributed by atoms with Crippen LogP contribution in [0.1, 0.15) is 26.3 Å². The summed E-state index contributed by atoms with van der Waals surface area (Å²) < 4.78 is 12.2. The van der Waals surface area contributed by atoms with Gasteiger partial charge >= 0.3 is 0 Å². The van der Waals surface area contributed by atoms with Crippen molar-refractivity contribution < 1.29 is 14.3 Å². The lowest BCUT2D eigenvalue weighted by Gasteiger charge is -2.14. The average Bonchev–Trinajstić information content (AvgIpc) is 3.00. The molecular formula is C22H25BrN2O3S. The van der Waals surface area contributed by atoms with Crippen LogP contribution < -0.4 is 9.47 Å². The summed E-state index contributed by atoms with van der Waals surface area (Å²) in [7, 11) is 0. The number of rotatable bonds is 8. The van der Waals surface area contributed by atoms with E-state index in [2.05, 4.69) is 15.9 Å². The summed E-state index contributed by atoms with van der Waals surface area (Å²) in [4.78, 5) is 19.5. The average molecular weight is 477 g/mol. The van der Waals surface area contributed by atoms with Crippen LogP contribution in [0.2, 0.25) is 0 Å². The van der Waals surface area contributed by atoms with Gasteiger partial charge in [0.05, 0.1) is 24.2 Å². The fraction of sp³-hybridized carbons (Fsp3) is 0.364. The van der Waals surface area contributed by atoms with Gasteiger partial charge in [0.25, 0.3) is 0 Å². The highest BCUT2D eigenvalue weighted by molar-refractivity contribution is 9.10. The van der Waals surface area contributed by atoms with Crippen LogP contribution in [0.3, 0.4) is 0 Å². The molecule has 0 bridgehead atoms. The van der Waals surface area contributed by atoms with Crippen molar-refractivity contribution in [1.82, 2.24) is 4.90 Å². The molecule has 1 saturated heterocycles. The van der Waals surface area contributed by atoms with Crippen LogP contribution in [-0.2, 0) is 11.2 Å². The second-order valence-electron chi connectivity index (χ2n) is 6.40. The minimum absolute atomic E-state index is 0.0876. The molecule has 0 aromatic heterocycles. The lowest BCUT2D eigenvalue weighted by atomic mass is 10.1. The van der Waals surface area contributed by atoms with Gasteiger partial charge in [-0.25, -0.2) is 4.99 Å². The highest BCUT2D eigenvalue weighted by atomic mass is 79.9. The molecule has 7 heteroatoms. The zero-order valence-electron chi connectivity index (χ0n) is 16.9. The Hall–Kier alpha value is -1.99. The molecule has 0 N–H and O–H groups in total. The summed E-state index contributed by atoms with van der Waals surface area (Å²) in [5, 5.41) is 0.518. The standard InChI is InChI=1S/C22H25BrN2O3S/c1-4-25-21(26)20(14-15-13-16(23)7-12-19(15)28-6-3)29-22(25)24-17-8-10-18(11-9-17)27-5-2/h7-13,20H,4-6,14H2,1-3H3/t20-/m0/s1. The molecule has 2 aromatic rings. The zero-order valence-corrected chi connectivity index (χ0v) is 19.3. The lowest BCUT2D eigenvalue weighted by Crippen LogP contribution is -2.32. The summed E-state index contributed by atoms with van der Waals surface area (Å²) in [5.41, 5.74) is 1.82. The number of carbonyl (C=O) groups is 1. The second kappa shape index (κ2) is 10.2. The van der Waals surface area contributed by atoms with E-state index in [9.17, 15) is 4.79 Å². The molecule has 5 nitrogen and oxygen atoms in total. The Morgan fingerprint density at radius 2 is 1.79 bits per heavy atom. The number of benzene rings is 2. The van der Waals surface area contributed by atoms with Crippen molar-refractivity contribution >= 4 is 44.5 Å². The quantitative estimate of drug-likeness (QED) is 0.508. The first-order valence-electron chi connectivity index (χ1n) is 9.76. The van der Waals surface area contributed by atoms with Crippen molar-refractivity contribution in [3.8, 4) is 11.5 Å². The minimum atomic E-state index is -0.218. The van der Waals surface area contributed by atoms with Crippen molar-refractivity contribution in [3.05, 3.63) is 52.5 Å². The van der Waals surface area contributed by atoms with Gasteiger partial charge in [-0.2, -0.15) is 0 Å². The number of halogens is 1. The van der Waals surface area contributed by atoms with Gasteiger partial charge in [0, 0.05) is 11.0 Å². The first-order chi connectivity index (χ1) is 14.0. The Morgan fingerprint density at radius 1 is 1.07 bits per heavy atom. The Balaban J connectivity index is 1.81. The number of amides is 1. The third kappa shape index (κ3) is 5.34. The molecule has 1 aliphatic heterocycles. The van der Waals surface area contributed by atoms with Crippen molar-refractivity contribution in [2.75, 3.05) is 19.8 Å². The summed E-state index contributed by atoms with van der Waals surface area (Å²) in [6, 6.07) is 13.5. The summed E-state index contributed by atoms with van der Waals surface area (Å²) >= 11 is 5.03. The molecule has 1 atom stereocenters. The maximum absolute atomic E-state index is 13.0. The minimum Gasteiger partial charge on any atom is -0.494 e. The molecule has 0 radical (unpaired) electrons. The number of aliphatic imine (C=N–C) groups is 1. The van der Waals surface area contributed by atoms with E-state index in [1.54, 1.807) is 4.90 Å². The zero-order chi connectivity index (χ0) is 20.8. The van der Waals surface area contributed by atoms with E-state index in [1.165, 1.54) is 11.8 Å². The predicted octanol–water partition coefficient (Wildman–Crippen LogP) is 5.44. The van der Waals surface area contributed by atoms with Gasteiger partial charge in [-0.05, 0) is 75.2 Å². The van der Waals surface area contributed by atoms with Crippen molar-refractivity contribution in [1.29, 1.82) is 0 Å². The van der Waals surface area contributed by atoms with E-state index in [-0.39, 0.29) is 11.2 Å². The number of nitrogens with zero attached hydrogens (tertiary/aromatic N) is 2. The fourth-order valence-corrected chi connectivity index (χ4v) is 4.77. The number of hydrogen-bond acceptors (Lipinski definition) is 5. The van der Waals surface area contributed by atoms with Crippen molar-refractivity contribution in [2.24, 2.45) is 4.99 Å². The lowest BCUT2D eigenvalue weighted by molar-refractivity contribution is -0.126. The Kier molecular flexibility index (Phi) is 7.61. The molecule has 0 unspecified atom stereocenters. The molecule has 29 heavy (non-hydrogen) atoms. The number of hydrogen-bond donors (Lipinski definition) is 0. The topological polar surface area (TPSA) is 51.1 Å². The maximum atomic E-state index is 13.0. The van der Waals surface area contributed by atoms with Crippen molar-refractivity contribution in [3.63, 3.8) is 0 Å². The SMILES string of the molecule is CCOc1ccc(N=C2S[C@@H](Cc3cc(Br)ccc3OCC)C(=O)N2CC)cc1. The summed E-state index contributed by atoms with van der Waals surface area (Å²) in [6.07, 6.45) is 0.594. The first-order valence-corrected chi connectivity index (χ1v) is 11.4. The summed E-state index contributed by atoms with van der Waals surface area (Å²) in [5.74, 6) is 1.73. The second-order valence-corrected chi connectivity index (χ2v) is 8.49. The molecular weight excluding hydrogens is 452 g/mol. The van der Waals surface area contributed by atoms with E-state index in [0.29, 0.717) is 26.2 Å².